The van der Waals surface area contributed by atoms with E-state index in [4.69, 9.17) is 4.98 Å². The van der Waals surface area contributed by atoms with Gasteiger partial charge in [-0.2, -0.15) is 0 Å². The number of nitrogens with zero attached hydrogens (tertiary/aromatic N) is 3. The molecule has 2 aromatic rings. The predicted molar refractivity (Wildman–Crippen MR) is 111 cm³/mol. The van der Waals surface area contributed by atoms with Gasteiger partial charge in [0.05, 0.1) is 17.1 Å². The molecule has 0 bridgehead atoms. The molecule has 2 N–H and O–H groups in total. The van der Waals surface area contributed by atoms with Crippen LogP contribution in [0, 0.1) is 15.4 Å². The number of likely N-dealkylation sites (tertiary alicyclic amines) is 1. The summed E-state index contributed by atoms with van der Waals surface area (Å²) in [6.45, 7) is 6.46. The first-order chi connectivity index (χ1) is 12.7. The molecule has 0 spiro atoms. The second-order valence-electron chi connectivity index (χ2n) is 7.71. The Hall–Kier alpha value is -1.84. The second kappa shape index (κ2) is 7.65. The number of halogens is 1. The molecule has 3 atom stereocenters. The van der Waals surface area contributed by atoms with Crippen molar-refractivity contribution in [1.82, 2.24) is 19.8 Å². The van der Waals surface area contributed by atoms with Gasteiger partial charge >= 0.3 is 6.09 Å². The Morgan fingerprint density at radius 2 is 2.11 bits per heavy atom. The molecule has 0 saturated carbocycles. The Morgan fingerprint density at radius 1 is 1.41 bits per heavy atom. The highest BCUT2D eigenvalue weighted by atomic mass is 127. The quantitative estimate of drug-likeness (QED) is 0.648. The summed E-state index contributed by atoms with van der Waals surface area (Å²) < 4.78 is 1.12. The summed E-state index contributed by atoms with van der Waals surface area (Å²) in [5.41, 5.74) is 1.83. The van der Waals surface area contributed by atoms with E-state index in [1.165, 1.54) is 7.05 Å². The minimum Gasteiger partial charge on any atom is -0.465 e. The topological polar surface area (TPSA) is 89.5 Å². The van der Waals surface area contributed by atoms with Crippen LogP contribution < -0.4 is 0 Å². The van der Waals surface area contributed by atoms with E-state index < -0.39 is 12.1 Å². The summed E-state index contributed by atoms with van der Waals surface area (Å²) in [5, 5.41) is 9.39. The van der Waals surface area contributed by atoms with Crippen LogP contribution in [-0.2, 0) is 4.79 Å². The standard InChI is InChI=1S/C19H25IN4O3/c1-10(2)16(23(4)19(26)27)18(25)24-9-11(3)7-15(24)17-21-13-6-5-12(20)8-14(13)22-17/h5-6,8,10-11,15-16H,7,9H2,1-4H3,(H,21,22)(H,26,27)/t11-,15-,16-/m0/s1. The second-order valence-corrected chi connectivity index (χ2v) is 8.96. The van der Waals surface area contributed by atoms with Crippen molar-refractivity contribution in [2.75, 3.05) is 13.6 Å². The number of rotatable bonds is 4. The maximum Gasteiger partial charge on any atom is 0.407 e. The number of hydrogen-bond acceptors (Lipinski definition) is 3. The van der Waals surface area contributed by atoms with Crippen LogP contribution in [0.2, 0.25) is 0 Å². The number of likely N-dealkylation sites (N-methyl/N-ethyl adjacent to an activating group) is 1. The zero-order chi connectivity index (χ0) is 19.9. The lowest BCUT2D eigenvalue weighted by Gasteiger charge is -2.33. The number of fused-ring (bicyclic) bond motifs is 1. The van der Waals surface area contributed by atoms with Gasteiger partial charge in [-0.1, -0.05) is 20.8 Å². The zero-order valence-electron chi connectivity index (χ0n) is 15.9. The van der Waals surface area contributed by atoms with Gasteiger partial charge in [-0.05, 0) is 59.0 Å². The smallest absolute Gasteiger partial charge is 0.407 e. The molecular formula is C19H25IN4O3. The van der Waals surface area contributed by atoms with Gasteiger partial charge in [-0.3, -0.25) is 9.69 Å². The van der Waals surface area contributed by atoms with Gasteiger partial charge in [0.15, 0.2) is 0 Å². The van der Waals surface area contributed by atoms with E-state index in [9.17, 15) is 14.7 Å². The summed E-state index contributed by atoms with van der Waals surface area (Å²) in [5.74, 6) is 0.826. The third-order valence-electron chi connectivity index (χ3n) is 5.17. The number of carbonyl (C=O) groups is 2. The third-order valence-corrected chi connectivity index (χ3v) is 5.85. The van der Waals surface area contributed by atoms with Crippen molar-refractivity contribution in [3.63, 3.8) is 0 Å². The first-order valence-corrected chi connectivity index (χ1v) is 10.2. The van der Waals surface area contributed by atoms with Crippen LogP contribution in [0.25, 0.3) is 11.0 Å². The molecule has 7 nitrogen and oxygen atoms in total. The van der Waals surface area contributed by atoms with Crippen LogP contribution in [0.4, 0.5) is 4.79 Å². The Labute approximate surface area is 172 Å². The number of aromatic amines is 1. The highest BCUT2D eigenvalue weighted by molar-refractivity contribution is 14.1. The monoisotopic (exact) mass is 484 g/mol. The maximum absolute atomic E-state index is 13.3. The van der Waals surface area contributed by atoms with Gasteiger partial charge in [0, 0.05) is 17.2 Å². The number of amides is 2. The number of carbonyl (C=O) groups excluding carboxylic acids is 1. The van der Waals surface area contributed by atoms with Crippen molar-refractivity contribution in [3.8, 4) is 0 Å². The molecule has 1 aromatic heterocycles. The minimum atomic E-state index is -1.09. The number of imidazole rings is 1. The number of aromatic nitrogens is 2. The number of nitrogens with one attached hydrogen (secondary N) is 1. The fourth-order valence-corrected chi connectivity index (χ4v) is 4.39. The van der Waals surface area contributed by atoms with Crippen molar-refractivity contribution >= 4 is 45.6 Å². The Morgan fingerprint density at radius 3 is 2.74 bits per heavy atom. The first kappa shape index (κ1) is 19.9. The molecule has 1 saturated heterocycles. The number of H-pyrrole nitrogens is 1. The van der Waals surface area contributed by atoms with E-state index >= 15 is 0 Å². The zero-order valence-corrected chi connectivity index (χ0v) is 18.1. The number of carboxylic acid groups (broad SMARTS) is 1. The van der Waals surface area contributed by atoms with E-state index in [-0.39, 0.29) is 17.9 Å². The summed E-state index contributed by atoms with van der Waals surface area (Å²) in [7, 11) is 1.46. The molecule has 1 aliphatic rings. The molecule has 1 aromatic carbocycles. The highest BCUT2D eigenvalue weighted by Gasteiger charge is 2.41. The van der Waals surface area contributed by atoms with Crippen molar-refractivity contribution in [1.29, 1.82) is 0 Å². The SMILES string of the molecule is CC(C)[C@@H](C(=O)N1C[C@@H](C)C[C@H]1c1nc2ccc(I)cc2[nH]1)N(C)C(=O)O. The molecule has 8 heteroatoms. The lowest BCUT2D eigenvalue weighted by molar-refractivity contribution is -0.138. The lowest BCUT2D eigenvalue weighted by Crippen LogP contribution is -2.51. The van der Waals surface area contributed by atoms with Gasteiger partial charge in [0.1, 0.15) is 11.9 Å². The van der Waals surface area contributed by atoms with Crippen LogP contribution in [0.1, 0.15) is 39.1 Å². The number of benzene rings is 1. The Bertz CT molecular complexity index is 866. The molecule has 0 aliphatic carbocycles. The van der Waals surface area contributed by atoms with Gasteiger partial charge < -0.3 is 15.0 Å². The molecule has 0 radical (unpaired) electrons. The molecule has 2 amide bonds. The average molecular weight is 484 g/mol. The molecule has 0 unspecified atom stereocenters. The fourth-order valence-electron chi connectivity index (χ4n) is 3.90. The Kier molecular flexibility index (Phi) is 5.64. The average Bonchev–Trinajstić information content (AvgIpc) is 3.16. The van der Waals surface area contributed by atoms with Crippen LogP contribution in [0.3, 0.4) is 0 Å². The lowest BCUT2D eigenvalue weighted by atomic mass is 10.0. The third kappa shape index (κ3) is 3.90. The summed E-state index contributed by atoms with van der Waals surface area (Å²) in [6.07, 6.45) is -0.284. The molecule has 3 rings (SSSR count). The maximum atomic E-state index is 13.3. The van der Waals surface area contributed by atoms with E-state index in [0.29, 0.717) is 12.5 Å². The molecule has 1 aliphatic heterocycles. The van der Waals surface area contributed by atoms with E-state index in [1.807, 2.05) is 32.0 Å². The summed E-state index contributed by atoms with van der Waals surface area (Å²) in [4.78, 5) is 35.8. The van der Waals surface area contributed by atoms with E-state index in [1.54, 1.807) is 4.90 Å². The van der Waals surface area contributed by atoms with Gasteiger partial charge in [0.2, 0.25) is 5.91 Å². The van der Waals surface area contributed by atoms with Crippen LogP contribution >= 0.6 is 22.6 Å². The van der Waals surface area contributed by atoms with Crippen LogP contribution in [-0.4, -0.2) is 56.5 Å². The predicted octanol–water partition coefficient (Wildman–Crippen LogP) is 3.71. The van der Waals surface area contributed by atoms with E-state index in [2.05, 4.69) is 34.5 Å². The van der Waals surface area contributed by atoms with Crippen molar-refractivity contribution in [3.05, 3.63) is 27.6 Å². The van der Waals surface area contributed by atoms with Gasteiger partial charge in [-0.15, -0.1) is 0 Å². The van der Waals surface area contributed by atoms with Gasteiger partial charge in [0.25, 0.3) is 0 Å². The molecule has 27 heavy (non-hydrogen) atoms. The largest absolute Gasteiger partial charge is 0.465 e. The minimum absolute atomic E-state index is 0.118. The highest BCUT2D eigenvalue weighted by Crippen LogP contribution is 2.36. The molecule has 146 valence electrons. The van der Waals surface area contributed by atoms with Crippen LogP contribution in [0.5, 0.6) is 0 Å². The van der Waals surface area contributed by atoms with Crippen LogP contribution in [0.15, 0.2) is 18.2 Å². The summed E-state index contributed by atoms with van der Waals surface area (Å²) in [6, 6.07) is 5.13. The molecule has 1 fully saturated rings. The Balaban J connectivity index is 1.94. The molecule has 2 heterocycles. The number of hydrogen-bond donors (Lipinski definition) is 2. The van der Waals surface area contributed by atoms with Crippen molar-refractivity contribution in [2.45, 2.75) is 39.3 Å². The van der Waals surface area contributed by atoms with Crippen molar-refractivity contribution in [2.24, 2.45) is 11.8 Å². The van der Waals surface area contributed by atoms with E-state index in [0.717, 1.165) is 31.7 Å². The first-order valence-electron chi connectivity index (χ1n) is 9.10. The van der Waals surface area contributed by atoms with Crippen molar-refractivity contribution < 1.29 is 14.7 Å². The normalized spacial score (nSPS) is 21.0. The molecular weight excluding hydrogens is 459 g/mol. The van der Waals surface area contributed by atoms with Gasteiger partial charge in [-0.25, -0.2) is 9.78 Å². The fraction of sp³-hybridized carbons (Fsp3) is 0.526. The summed E-state index contributed by atoms with van der Waals surface area (Å²) >= 11 is 2.26.